The molecule has 90 valence electrons. The van der Waals surface area contributed by atoms with Crippen molar-refractivity contribution in [3.63, 3.8) is 0 Å². The van der Waals surface area contributed by atoms with Crippen molar-refractivity contribution in [1.82, 2.24) is 10.2 Å². The highest BCUT2D eigenvalue weighted by Gasteiger charge is 2.07. The largest absolute Gasteiger partial charge is 0.311 e. The second-order valence-electron chi connectivity index (χ2n) is 4.28. The van der Waals surface area contributed by atoms with Gasteiger partial charge in [-0.3, -0.25) is 0 Å². The number of nitrogens with one attached hydrogen (secondary N) is 1. The van der Waals surface area contributed by atoms with Crippen molar-refractivity contribution >= 4 is 11.6 Å². The normalized spacial score (nSPS) is 13.1. The summed E-state index contributed by atoms with van der Waals surface area (Å²) in [5.74, 6) is 0. The van der Waals surface area contributed by atoms with Gasteiger partial charge in [0.2, 0.25) is 0 Å². The van der Waals surface area contributed by atoms with E-state index in [1.807, 2.05) is 12.1 Å². The highest BCUT2D eigenvalue weighted by Crippen LogP contribution is 2.09. The Morgan fingerprint density at radius 2 is 1.88 bits per heavy atom. The third kappa shape index (κ3) is 4.52. The number of benzene rings is 1. The maximum Gasteiger partial charge on any atom is 0.0406 e. The van der Waals surface area contributed by atoms with Gasteiger partial charge in [0, 0.05) is 24.2 Å². The van der Waals surface area contributed by atoms with Crippen molar-refractivity contribution in [2.24, 2.45) is 0 Å². The van der Waals surface area contributed by atoms with Crippen LogP contribution in [0.1, 0.15) is 18.9 Å². The SMILES string of the molecule is CCC(CNCc1ccc(Cl)cc1)N(C)C. The number of hydrogen-bond donors (Lipinski definition) is 1. The summed E-state index contributed by atoms with van der Waals surface area (Å²) in [5.41, 5.74) is 1.28. The fourth-order valence-corrected chi connectivity index (χ4v) is 1.80. The summed E-state index contributed by atoms with van der Waals surface area (Å²) < 4.78 is 0. The molecular formula is C13H21ClN2. The topological polar surface area (TPSA) is 15.3 Å². The molecule has 0 saturated heterocycles. The van der Waals surface area contributed by atoms with Gasteiger partial charge in [-0.25, -0.2) is 0 Å². The minimum absolute atomic E-state index is 0.604. The van der Waals surface area contributed by atoms with Crippen LogP contribution in [0.4, 0.5) is 0 Å². The van der Waals surface area contributed by atoms with E-state index in [1.54, 1.807) is 0 Å². The van der Waals surface area contributed by atoms with E-state index in [0.717, 1.165) is 18.1 Å². The zero-order chi connectivity index (χ0) is 12.0. The van der Waals surface area contributed by atoms with Crippen LogP contribution < -0.4 is 5.32 Å². The Bertz CT molecular complexity index is 295. The van der Waals surface area contributed by atoms with Crippen LogP contribution in [0.3, 0.4) is 0 Å². The zero-order valence-corrected chi connectivity index (χ0v) is 11.1. The molecule has 0 fully saturated rings. The van der Waals surface area contributed by atoms with Crippen molar-refractivity contribution < 1.29 is 0 Å². The molecule has 0 saturated carbocycles. The van der Waals surface area contributed by atoms with Gasteiger partial charge in [0.15, 0.2) is 0 Å². The molecule has 0 radical (unpaired) electrons. The fourth-order valence-electron chi connectivity index (χ4n) is 1.68. The van der Waals surface area contributed by atoms with Crippen molar-refractivity contribution in [3.8, 4) is 0 Å². The summed E-state index contributed by atoms with van der Waals surface area (Å²) in [6.45, 7) is 4.14. The fraction of sp³-hybridized carbons (Fsp3) is 0.538. The molecule has 1 aromatic rings. The summed E-state index contributed by atoms with van der Waals surface area (Å²) in [6, 6.07) is 8.59. The number of nitrogens with zero attached hydrogens (tertiary/aromatic N) is 1. The Labute approximate surface area is 104 Å². The number of likely N-dealkylation sites (N-methyl/N-ethyl adjacent to an activating group) is 1. The van der Waals surface area contributed by atoms with E-state index in [2.05, 4.69) is 43.4 Å². The molecule has 0 aliphatic carbocycles. The molecule has 0 aliphatic heterocycles. The Morgan fingerprint density at radius 1 is 1.25 bits per heavy atom. The number of halogens is 1. The van der Waals surface area contributed by atoms with E-state index in [4.69, 9.17) is 11.6 Å². The smallest absolute Gasteiger partial charge is 0.0406 e. The lowest BCUT2D eigenvalue weighted by atomic mass is 10.2. The predicted octanol–water partition coefficient (Wildman–Crippen LogP) is 2.77. The predicted molar refractivity (Wildman–Crippen MR) is 70.9 cm³/mol. The van der Waals surface area contributed by atoms with Crippen LogP contribution in [0.15, 0.2) is 24.3 Å². The first-order valence-electron chi connectivity index (χ1n) is 5.75. The van der Waals surface area contributed by atoms with Crippen molar-refractivity contribution in [2.75, 3.05) is 20.6 Å². The van der Waals surface area contributed by atoms with Crippen LogP contribution in [-0.4, -0.2) is 31.6 Å². The standard InChI is InChI=1S/C13H21ClN2/c1-4-13(16(2)3)10-15-9-11-5-7-12(14)8-6-11/h5-8,13,15H,4,9-10H2,1-3H3. The highest BCUT2D eigenvalue weighted by molar-refractivity contribution is 6.30. The first-order valence-corrected chi connectivity index (χ1v) is 6.13. The van der Waals surface area contributed by atoms with E-state index in [0.29, 0.717) is 6.04 Å². The van der Waals surface area contributed by atoms with E-state index in [-0.39, 0.29) is 0 Å². The van der Waals surface area contributed by atoms with E-state index < -0.39 is 0 Å². The van der Waals surface area contributed by atoms with Crippen LogP contribution in [0.2, 0.25) is 5.02 Å². The van der Waals surface area contributed by atoms with Crippen molar-refractivity contribution in [1.29, 1.82) is 0 Å². The second-order valence-corrected chi connectivity index (χ2v) is 4.72. The summed E-state index contributed by atoms with van der Waals surface area (Å²) in [7, 11) is 4.25. The molecule has 16 heavy (non-hydrogen) atoms. The average molecular weight is 241 g/mol. The van der Waals surface area contributed by atoms with Crippen molar-refractivity contribution in [3.05, 3.63) is 34.9 Å². The van der Waals surface area contributed by atoms with Gasteiger partial charge in [-0.15, -0.1) is 0 Å². The molecule has 2 nitrogen and oxygen atoms in total. The minimum atomic E-state index is 0.604. The maximum atomic E-state index is 5.83. The van der Waals surface area contributed by atoms with Gasteiger partial charge in [0.25, 0.3) is 0 Å². The lowest BCUT2D eigenvalue weighted by Gasteiger charge is -2.23. The lowest BCUT2D eigenvalue weighted by molar-refractivity contribution is 0.276. The van der Waals surface area contributed by atoms with Crippen LogP contribution in [-0.2, 0) is 6.54 Å². The van der Waals surface area contributed by atoms with Crippen LogP contribution in [0, 0.1) is 0 Å². The number of hydrogen-bond acceptors (Lipinski definition) is 2. The Hall–Kier alpha value is -0.570. The molecule has 0 heterocycles. The Morgan fingerprint density at radius 3 is 2.38 bits per heavy atom. The number of rotatable bonds is 6. The monoisotopic (exact) mass is 240 g/mol. The molecule has 3 heteroatoms. The quantitative estimate of drug-likeness (QED) is 0.823. The average Bonchev–Trinajstić information content (AvgIpc) is 2.26. The summed E-state index contributed by atoms with van der Waals surface area (Å²) in [5, 5.41) is 4.26. The second kappa shape index (κ2) is 6.89. The first-order chi connectivity index (χ1) is 7.63. The molecule has 0 aromatic heterocycles. The van der Waals surface area contributed by atoms with Gasteiger partial charge in [0.05, 0.1) is 0 Å². The van der Waals surface area contributed by atoms with Crippen LogP contribution in [0.25, 0.3) is 0 Å². The van der Waals surface area contributed by atoms with Crippen LogP contribution in [0.5, 0.6) is 0 Å². The third-order valence-corrected chi connectivity index (χ3v) is 3.08. The van der Waals surface area contributed by atoms with Gasteiger partial charge >= 0.3 is 0 Å². The summed E-state index contributed by atoms with van der Waals surface area (Å²) in [6.07, 6.45) is 1.17. The Balaban J connectivity index is 2.32. The molecule has 0 bridgehead atoms. The molecule has 0 aliphatic rings. The van der Waals surface area contributed by atoms with Gasteiger partial charge in [-0.05, 0) is 38.2 Å². The maximum absolute atomic E-state index is 5.83. The molecule has 0 amide bonds. The summed E-state index contributed by atoms with van der Waals surface area (Å²) >= 11 is 5.83. The van der Waals surface area contributed by atoms with E-state index in [1.165, 1.54) is 12.0 Å². The highest BCUT2D eigenvalue weighted by atomic mass is 35.5. The molecule has 1 aromatic carbocycles. The third-order valence-electron chi connectivity index (χ3n) is 2.82. The molecular weight excluding hydrogens is 220 g/mol. The molecule has 1 unspecified atom stereocenters. The minimum Gasteiger partial charge on any atom is -0.311 e. The molecule has 1 atom stereocenters. The summed E-state index contributed by atoms with van der Waals surface area (Å²) in [4.78, 5) is 2.26. The first kappa shape index (κ1) is 13.5. The van der Waals surface area contributed by atoms with E-state index >= 15 is 0 Å². The van der Waals surface area contributed by atoms with Crippen molar-refractivity contribution in [2.45, 2.75) is 25.9 Å². The Kier molecular flexibility index (Phi) is 5.81. The zero-order valence-electron chi connectivity index (χ0n) is 10.3. The van der Waals surface area contributed by atoms with Gasteiger partial charge in [-0.1, -0.05) is 30.7 Å². The van der Waals surface area contributed by atoms with Gasteiger partial charge in [0.1, 0.15) is 0 Å². The van der Waals surface area contributed by atoms with Gasteiger partial charge in [-0.2, -0.15) is 0 Å². The van der Waals surface area contributed by atoms with E-state index in [9.17, 15) is 0 Å². The van der Waals surface area contributed by atoms with Gasteiger partial charge < -0.3 is 10.2 Å². The van der Waals surface area contributed by atoms with Crippen LogP contribution >= 0.6 is 11.6 Å². The molecule has 0 spiro atoms. The molecule has 1 N–H and O–H groups in total. The lowest BCUT2D eigenvalue weighted by Crippen LogP contribution is -2.37. The molecule has 1 rings (SSSR count).